The topological polar surface area (TPSA) is 151 Å². The molecule has 1 heterocycles. The predicted octanol–water partition coefficient (Wildman–Crippen LogP) is 0.160. The number of nitrogens with zero attached hydrogens (tertiary/aromatic N) is 3. The summed E-state index contributed by atoms with van der Waals surface area (Å²) >= 11 is 5.68. The zero-order chi connectivity index (χ0) is 19.8. The molecule has 0 bridgehead atoms. The second kappa shape index (κ2) is 9.45. The van der Waals surface area contributed by atoms with Gasteiger partial charge in [-0.25, -0.2) is 14.0 Å². The van der Waals surface area contributed by atoms with Crippen molar-refractivity contribution in [2.24, 2.45) is 4.99 Å². The molecule has 11 nitrogen and oxygen atoms in total. The summed E-state index contributed by atoms with van der Waals surface area (Å²) < 4.78 is 23.0. The van der Waals surface area contributed by atoms with Gasteiger partial charge in [0.05, 0.1) is 17.3 Å². The number of rotatable bonds is 6. The average Bonchev–Trinajstić information content (AvgIpc) is 3.13. The van der Waals surface area contributed by atoms with Gasteiger partial charge in [0.1, 0.15) is 12.4 Å². The number of ether oxygens (including phenoxy) is 1. The molecule has 144 valence electrons. The fraction of sp³-hybridized carbons (Fsp3) is 0.214. The summed E-state index contributed by atoms with van der Waals surface area (Å²) in [4.78, 5) is 26.3. The van der Waals surface area contributed by atoms with E-state index in [1.807, 2.05) is 0 Å². The first-order valence-electron chi connectivity index (χ1n) is 7.35. The van der Waals surface area contributed by atoms with E-state index in [2.05, 4.69) is 30.6 Å². The van der Waals surface area contributed by atoms with E-state index in [0.29, 0.717) is 0 Å². The van der Waals surface area contributed by atoms with E-state index in [1.165, 1.54) is 19.2 Å². The van der Waals surface area contributed by atoms with Crippen LogP contribution in [-0.2, 0) is 9.59 Å². The molecule has 4 N–H and O–H groups in total. The summed E-state index contributed by atoms with van der Waals surface area (Å²) in [7, 11) is 1.32. The van der Waals surface area contributed by atoms with E-state index in [9.17, 15) is 19.2 Å². The highest BCUT2D eigenvalue weighted by Gasteiger charge is 2.18. The van der Waals surface area contributed by atoms with Crippen molar-refractivity contribution >= 4 is 34.9 Å². The molecule has 0 aliphatic rings. The third-order valence-corrected chi connectivity index (χ3v) is 3.28. The predicted molar refractivity (Wildman–Crippen MR) is 89.4 cm³/mol. The van der Waals surface area contributed by atoms with Gasteiger partial charge in [-0.2, -0.15) is 0 Å². The number of aromatic nitrogens is 2. The molecule has 0 fully saturated rings. The Morgan fingerprint density at radius 3 is 2.81 bits per heavy atom. The first-order valence-corrected chi connectivity index (χ1v) is 7.73. The molecule has 2 rings (SSSR count). The van der Waals surface area contributed by atoms with Gasteiger partial charge in [-0.15, -0.1) is 0 Å². The third-order valence-electron chi connectivity index (χ3n) is 2.99. The second-order valence-electron chi connectivity index (χ2n) is 4.77. The molecular weight excluding hydrogens is 387 g/mol. The molecule has 1 aromatic heterocycles. The van der Waals surface area contributed by atoms with E-state index in [1.54, 1.807) is 5.48 Å². The van der Waals surface area contributed by atoms with Crippen molar-refractivity contribution in [1.82, 2.24) is 26.4 Å². The number of likely N-dealkylation sites (N-methyl/N-ethyl adjacent to an activating group) is 1. The highest BCUT2D eigenvalue weighted by atomic mass is 35.5. The van der Waals surface area contributed by atoms with E-state index < -0.39 is 17.6 Å². The molecule has 0 radical (unpaired) electrons. The number of benzene rings is 1. The minimum Gasteiger partial charge on any atom is -0.472 e. The summed E-state index contributed by atoms with van der Waals surface area (Å²) in [6, 6.07) is 3.65. The van der Waals surface area contributed by atoms with Gasteiger partial charge in [0, 0.05) is 7.05 Å². The van der Waals surface area contributed by atoms with Crippen molar-refractivity contribution in [2.75, 3.05) is 20.2 Å². The van der Waals surface area contributed by atoms with E-state index in [0.717, 1.165) is 6.07 Å². The van der Waals surface area contributed by atoms with Gasteiger partial charge in [-0.1, -0.05) is 11.6 Å². The smallest absolute Gasteiger partial charge is 0.309 e. The Morgan fingerprint density at radius 2 is 2.15 bits per heavy atom. The van der Waals surface area contributed by atoms with Crippen molar-refractivity contribution < 1.29 is 28.6 Å². The van der Waals surface area contributed by atoms with Crippen molar-refractivity contribution in [3.8, 4) is 5.88 Å². The molecule has 0 saturated carbocycles. The van der Waals surface area contributed by atoms with Gasteiger partial charge >= 0.3 is 11.8 Å². The number of hydrogen-bond donors (Lipinski definition) is 4. The molecule has 0 aliphatic carbocycles. The van der Waals surface area contributed by atoms with Crippen LogP contribution in [0.5, 0.6) is 5.88 Å². The summed E-state index contributed by atoms with van der Waals surface area (Å²) in [5, 5.41) is 20.7. The summed E-state index contributed by atoms with van der Waals surface area (Å²) in [5.74, 6) is -2.59. The number of nitrogens with one attached hydrogen (secondary N) is 3. The van der Waals surface area contributed by atoms with Crippen LogP contribution >= 0.6 is 11.6 Å². The quantitative estimate of drug-likeness (QED) is 0.176. The van der Waals surface area contributed by atoms with Crippen molar-refractivity contribution in [1.29, 1.82) is 0 Å². The molecule has 0 aliphatic heterocycles. The number of hydroxylamine groups is 1. The van der Waals surface area contributed by atoms with Gasteiger partial charge in [0.15, 0.2) is 5.84 Å². The molecule has 0 saturated heterocycles. The fourth-order valence-corrected chi connectivity index (χ4v) is 1.92. The van der Waals surface area contributed by atoms with Crippen LogP contribution in [0.25, 0.3) is 0 Å². The maximum atomic E-state index is 13.2. The highest BCUT2D eigenvalue weighted by molar-refractivity contribution is 6.35. The molecular formula is C14H14ClFN6O5. The first kappa shape index (κ1) is 20.1. The van der Waals surface area contributed by atoms with Crippen LogP contribution in [0, 0.1) is 5.82 Å². The first-order chi connectivity index (χ1) is 13.0. The summed E-state index contributed by atoms with van der Waals surface area (Å²) in [5.41, 5.74) is 1.93. The monoisotopic (exact) mass is 400 g/mol. The zero-order valence-electron chi connectivity index (χ0n) is 13.8. The number of carbonyl (C=O) groups is 2. The fourth-order valence-electron chi connectivity index (χ4n) is 1.74. The Kier molecular flexibility index (Phi) is 7.02. The average molecular weight is 401 g/mol. The van der Waals surface area contributed by atoms with E-state index >= 15 is 0 Å². The lowest BCUT2D eigenvalue weighted by atomic mass is 10.3. The van der Waals surface area contributed by atoms with Gasteiger partial charge in [-0.05, 0) is 28.5 Å². The second-order valence-corrected chi connectivity index (χ2v) is 5.18. The SMILES string of the molecule is CNC(=O)C(=O)NCCOc1nonc1C(=Nc1ccc(F)c(Cl)c1)NO. The molecule has 0 unspecified atom stereocenters. The number of amidine groups is 1. The number of hydrogen-bond acceptors (Lipinski definition) is 8. The van der Waals surface area contributed by atoms with Crippen LogP contribution in [0.15, 0.2) is 27.8 Å². The van der Waals surface area contributed by atoms with Crippen LogP contribution in [0.3, 0.4) is 0 Å². The molecule has 27 heavy (non-hydrogen) atoms. The van der Waals surface area contributed by atoms with Gasteiger partial charge < -0.3 is 15.4 Å². The van der Waals surface area contributed by atoms with Crippen molar-refractivity contribution in [3.05, 3.63) is 34.7 Å². The third kappa shape index (κ3) is 5.36. The normalized spacial score (nSPS) is 11.0. The minimum absolute atomic E-state index is 0.00878. The lowest BCUT2D eigenvalue weighted by Gasteiger charge is -2.06. The van der Waals surface area contributed by atoms with Crippen LogP contribution in [0.2, 0.25) is 5.02 Å². The number of halogens is 2. The number of amides is 2. The highest BCUT2D eigenvalue weighted by Crippen LogP contribution is 2.23. The lowest BCUT2D eigenvalue weighted by Crippen LogP contribution is -2.39. The molecule has 1 aromatic carbocycles. The Balaban J connectivity index is 2.05. The van der Waals surface area contributed by atoms with Gasteiger partial charge in [0.2, 0.25) is 5.69 Å². The van der Waals surface area contributed by atoms with Gasteiger partial charge in [0.25, 0.3) is 5.88 Å². The lowest BCUT2D eigenvalue weighted by molar-refractivity contribution is -0.138. The maximum Gasteiger partial charge on any atom is 0.309 e. The standard InChI is InChI=1S/C14H14ClFN6O5/c1-17-12(23)13(24)18-4-5-26-14-10(21-27-22-14)11(20-25)19-7-2-3-9(16)8(15)6-7/h2-3,6,25H,4-5H2,1H3,(H,17,23)(H,18,24)(H,19,20). The van der Waals surface area contributed by atoms with Crippen LogP contribution < -0.4 is 20.9 Å². The molecule has 0 spiro atoms. The van der Waals surface area contributed by atoms with Crippen LogP contribution in [0.4, 0.5) is 10.1 Å². The molecule has 0 atom stereocenters. The van der Waals surface area contributed by atoms with Crippen LogP contribution in [-0.4, -0.2) is 53.4 Å². The Labute approximate surface area is 156 Å². The maximum absolute atomic E-state index is 13.2. The molecule has 2 aromatic rings. The summed E-state index contributed by atoms with van der Waals surface area (Å²) in [6.45, 7) is -0.0871. The number of carbonyl (C=O) groups excluding carboxylic acids is 2. The van der Waals surface area contributed by atoms with Crippen molar-refractivity contribution in [3.63, 3.8) is 0 Å². The molecule has 2 amide bonds. The number of aliphatic imine (C=N–C) groups is 1. The zero-order valence-corrected chi connectivity index (χ0v) is 14.6. The van der Waals surface area contributed by atoms with E-state index in [-0.39, 0.29) is 41.3 Å². The van der Waals surface area contributed by atoms with Gasteiger partial charge in [-0.3, -0.25) is 20.3 Å². The van der Waals surface area contributed by atoms with Crippen molar-refractivity contribution in [2.45, 2.75) is 0 Å². The Bertz CT molecular complexity index is 858. The van der Waals surface area contributed by atoms with Crippen LogP contribution in [0.1, 0.15) is 5.69 Å². The Hall–Kier alpha value is -3.25. The minimum atomic E-state index is -0.827. The molecule has 13 heteroatoms. The largest absolute Gasteiger partial charge is 0.472 e. The summed E-state index contributed by atoms with van der Waals surface area (Å²) in [6.07, 6.45) is 0. The van der Waals surface area contributed by atoms with E-state index in [4.69, 9.17) is 16.3 Å². The Morgan fingerprint density at radius 1 is 1.37 bits per heavy atom.